The zero-order valence-corrected chi connectivity index (χ0v) is 16.8. The summed E-state index contributed by atoms with van der Waals surface area (Å²) >= 11 is 2.74. The van der Waals surface area contributed by atoms with Crippen LogP contribution in [0.1, 0.15) is 41.1 Å². The number of aromatic nitrogens is 2. The van der Waals surface area contributed by atoms with Crippen LogP contribution in [0, 0.1) is 13.8 Å². The van der Waals surface area contributed by atoms with E-state index >= 15 is 0 Å². The summed E-state index contributed by atoms with van der Waals surface area (Å²) in [4.78, 5) is 31.7. The molecule has 3 rings (SSSR count). The SMILES string of the molecule is Cc1sc2nc(S[C@@H](C(N)=O)c3ccccc3)n(C(C)C)c(=O)c2c1C. The van der Waals surface area contributed by atoms with Crippen molar-refractivity contribution in [2.45, 2.75) is 44.1 Å². The van der Waals surface area contributed by atoms with Crippen LogP contribution in [-0.2, 0) is 4.79 Å². The lowest BCUT2D eigenvalue weighted by molar-refractivity contribution is -0.117. The van der Waals surface area contributed by atoms with Crippen molar-refractivity contribution in [2.24, 2.45) is 5.73 Å². The third-order valence-corrected chi connectivity index (χ3v) is 6.64. The molecular weight excluding hydrogens is 366 g/mol. The van der Waals surface area contributed by atoms with Gasteiger partial charge in [-0.25, -0.2) is 4.98 Å². The molecule has 2 aromatic heterocycles. The van der Waals surface area contributed by atoms with Gasteiger partial charge in [0, 0.05) is 10.9 Å². The Morgan fingerprint density at radius 1 is 1.23 bits per heavy atom. The Kier molecular flexibility index (Phi) is 5.20. The fraction of sp³-hybridized carbons (Fsp3) is 0.316. The smallest absolute Gasteiger partial charge is 0.263 e. The van der Waals surface area contributed by atoms with Gasteiger partial charge in [-0.1, -0.05) is 42.1 Å². The molecular formula is C19H21N3O2S2. The minimum absolute atomic E-state index is 0.0642. The lowest BCUT2D eigenvalue weighted by atomic mass is 10.1. The van der Waals surface area contributed by atoms with E-state index in [0.29, 0.717) is 15.4 Å². The summed E-state index contributed by atoms with van der Waals surface area (Å²) in [5.74, 6) is -0.454. The maximum absolute atomic E-state index is 13.1. The van der Waals surface area contributed by atoms with Crippen LogP contribution in [-0.4, -0.2) is 15.5 Å². The number of thioether (sulfide) groups is 1. The van der Waals surface area contributed by atoms with Crippen LogP contribution >= 0.6 is 23.1 Å². The Morgan fingerprint density at radius 3 is 2.46 bits per heavy atom. The van der Waals surface area contributed by atoms with E-state index < -0.39 is 11.2 Å². The molecule has 0 bridgehead atoms. The third-order valence-electron chi connectivity index (χ3n) is 4.30. The van der Waals surface area contributed by atoms with Crippen molar-refractivity contribution < 1.29 is 4.79 Å². The van der Waals surface area contributed by atoms with E-state index in [2.05, 4.69) is 0 Å². The van der Waals surface area contributed by atoms with Gasteiger partial charge in [-0.05, 0) is 38.8 Å². The van der Waals surface area contributed by atoms with Crippen molar-refractivity contribution in [1.82, 2.24) is 9.55 Å². The highest BCUT2D eigenvalue weighted by Gasteiger charge is 2.25. The van der Waals surface area contributed by atoms with Crippen LogP contribution in [0.15, 0.2) is 40.3 Å². The molecule has 136 valence electrons. The maximum atomic E-state index is 13.1. The summed E-state index contributed by atoms with van der Waals surface area (Å²) < 4.78 is 1.66. The lowest BCUT2D eigenvalue weighted by Gasteiger charge is -2.19. The van der Waals surface area contributed by atoms with E-state index in [1.54, 1.807) is 4.57 Å². The van der Waals surface area contributed by atoms with E-state index in [4.69, 9.17) is 10.7 Å². The summed E-state index contributed by atoms with van der Waals surface area (Å²) in [5.41, 5.74) is 7.36. The second kappa shape index (κ2) is 7.25. The van der Waals surface area contributed by atoms with Gasteiger partial charge in [0.1, 0.15) is 10.1 Å². The van der Waals surface area contributed by atoms with E-state index in [1.807, 2.05) is 58.0 Å². The minimum Gasteiger partial charge on any atom is -0.368 e. The molecule has 3 aromatic rings. The quantitative estimate of drug-likeness (QED) is 0.531. The van der Waals surface area contributed by atoms with Crippen molar-refractivity contribution in [3.63, 3.8) is 0 Å². The van der Waals surface area contributed by atoms with Gasteiger partial charge in [-0.15, -0.1) is 11.3 Å². The van der Waals surface area contributed by atoms with Gasteiger partial charge in [0.2, 0.25) is 5.91 Å². The highest BCUT2D eigenvalue weighted by molar-refractivity contribution is 8.00. The second-order valence-electron chi connectivity index (χ2n) is 6.44. The monoisotopic (exact) mass is 387 g/mol. The number of carbonyl (C=O) groups is 1. The molecule has 1 atom stereocenters. The highest BCUT2D eigenvalue weighted by Crippen LogP contribution is 2.36. The summed E-state index contributed by atoms with van der Waals surface area (Å²) in [6.45, 7) is 7.82. The molecule has 0 aliphatic carbocycles. The third kappa shape index (κ3) is 3.29. The number of aryl methyl sites for hydroxylation is 2. The number of hydrogen-bond acceptors (Lipinski definition) is 5. The van der Waals surface area contributed by atoms with E-state index in [0.717, 1.165) is 16.0 Å². The minimum atomic E-state index is -0.604. The van der Waals surface area contributed by atoms with Gasteiger partial charge < -0.3 is 5.73 Å². The fourth-order valence-electron chi connectivity index (χ4n) is 2.85. The average Bonchev–Trinajstić information content (AvgIpc) is 2.87. The number of rotatable bonds is 5. The van der Waals surface area contributed by atoms with E-state index in [1.165, 1.54) is 23.1 Å². The Hall–Kier alpha value is -2.12. The summed E-state index contributed by atoms with van der Waals surface area (Å²) in [6, 6.07) is 9.26. The molecule has 26 heavy (non-hydrogen) atoms. The number of hydrogen-bond donors (Lipinski definition) is 1. The normalized spacial score (nSPS) is 12.7. The van der Waals surface area contributed by atoms with Crippen LogP contribution in [0.3, 0.4) is 0 Å². The van der Waals surface area contributed by atoms with Crippen molar-refractivity contribution in [3.05, 3.63) is 56.7 Å². The molecule has 0 fully saturated rings. The molecule has 1 amide bonds. The Bertz CT molecular complexity index is 1020. The molecule has 7 heteroatoms. The van der Waals surface area contributed by atoms with Crippen LogP contribution in [0.4, 0.5) is 0 Å². The zero-order chi connectivity index (χ0) is 19.0. The van der Waals surface area contributed by atoms with Gasteiger partial charge in [0.05, 0.1) is 5.39 Å². The number of amides is 1. The number of carbonyl (C=O) groups excluding carboxylic acids is 1. The molecule has 0 aliphatic rings. The molecule has 0 unspecified atom stereocenters. The summed E-state index contributed by atoms with van der Waals surface area (Å²) in [5, 5.41) is 0.583. The van der Waals surface area contributed by atoms with Crippen molar-refractivity contribution in [3.8, 4) is 0 Å². The van der Waals surface area contributed by atoms with Crippen LogP contribution < -0.4 is 11.3 Å². The molecule has 0 saturated carbocycles. The van der Waals surface area contributed by atoms with Gasteiger partial charge >= 0.3 is 0 Å². The number of benzene rings is 1. The Morgan fingerprint density at radius 2 is 1.88 bits per heavy atom. The van der Waals surface area contributed by atoms with E-state index in [-0.39, 0.29) is 11.6 Å². The Balaban J connectivity index is 2.19. The molecule has 5 nitrogen and oxygen atoms in total. The first-order valence-electron chi connectivity index (χ1n) is 8.34. The largest absolute Gasteiger partial charge is 0.368 e. The molecule has 0 aliphatic heterocycles. The summed E-state index contributed by atoms with van der Waals surface area (Å²) in [6.07, 6.45) is 0. The van der Waals surface area contributed by atoms with Gasteiger partial charge in [0.15, 0.2) is 5.16 Å². The predicted molar refractivity (Wildman–Crippen MR) is 108 cm³/mol. The molecule has 1 aromatic carbocycles. The fourth-order valence-corrected chi connectivity index (χ4v) is 5.10. The number of fused-ring (bicyclic) bond motifs is 1. The standard InChI is InChI=1S/C19H21N3O2S2/c1-10(2)22-18(24)14-11(3)12(4)25-17(14)21-19(22)26-15(16(20)23)13-8-6-5-7-9-13/h5-10,15H,1-4H3,(H2,20,23)/t15-/m1/s1. The first-order valence-corrected chi connectivity index (χ1v) is 10.0. The summed E-state index contributed by atoms with van der Waals surface area (Å²) in [7, 11) is 0. The number of primary amides is 1. The van der Waals surface area contributed by atoms with Gasteiger partial charge in [-0.2, -0.15) is 0 Å². The Labute approximate surface area is 160 Å². The molecule has 0 spiro atoms. The van der Waals surface area contributed by atoms with Crippen LogP contribution in [0.5, 0.6) is 0 Å². The van der Waals surface area contributed by atoms with Crippen molar-refractivity contribution in [2.75, 3.05) is 0 Å². The van der Waals surface area contributed by atoms with E-state index in [9.17, 15) is 9.59 Å². The average molecular weight is 388 g/mol. The predicted octanol–water partition coefficient (Wildman–Crippen LogP) is 3.97. The van der Waals surface area contributed by atoms with Crippen molar-refractivity contribution in [1.29, 1.82) is 0 Å². The zero-order valence-electron chi connectivity index (χ0n) is 15.1. The second-order valence-corrected chi connectivity index (χ2v) is 8.71. The highest BCUT2D eigenvalue weighted by atomic mass is 32.2. The molecule has 0 radical (unpaired) electrons. The topological polar surface area (TPSA) is 78.0 Å². The lowest BCUT2D eigenvalue weighted by Crippen LogP contribution is -2.26. The number of nitrogens with two attached hydrogens (primary N) is 1. The number of nitrogens with zero attached hydrogens (tertiary/aromatic N) is 2. The molecule has 2 heterocycles. The van der Waals surface area contributed by atoms with Crippen LogP contribution in [0.25, 0.3) is 10.2 Å². The maximum Gasteiger partial charge on any atom is 0.263 e. The van der Waals surface area contributed by atoms with Crippen LogP contribution in [0.2, 0.25) is 0 Å². The van der Waals surface area contributed by atoms with Gasteiger partial charge in [0.25, 0.3) is 5.56 Å². The first kappa shape index (κ1) is 18.7. The molecule has 2 N–H and O–H groups in total. The molecule has 0 saturated heterocycles. The van der Waals surface area contributed by atoms with Gasteiger partial charge in [-0.3, -0.25) is 14.2 Å². The number of thiophene rings is 1. The van der Waals surface area contributed by atoms with Crippen molar-refractivity contribution >= 4 is 39.2 Å². The first-order chi connectivity index (χ1) is 12.3.